The molecule has 0 saturated carbocycles. The van der Waals surface area contributed by atoms with E-state index in [1.807, 2.05) is 0 Å². The molecule has 1 amide bonds. The third-order valence-electron chi connectivity index (χ3n) is 2.86. The summed E-state index contributed by atoms with van der Waals surface area (Å²) in [4.78, 5) is 13.8. The van der Waals surface area contributed by atoms with Crippen LogP contribution in [-0.4, -0.2) is 63.8 Å². The highest BCUT2D eigenvalue weighted by Crippen LogP contribution is 1.88. The predicted molar refractivity (Wildman–Crippen MR) is 74.8 cm³/mol. The van der Waals surface area contributed by atoms with Gasteiger partial charge in [0.15, 0.2) is 0 Å². The van der Waals surface area contributed by atoms with Gasteiger partial charge in [-0.2, -0.15) is 0 Å². The van der Waals surface area contributed by atoms with Crippen molar-refractivity contribution in [1.29, 1.82) is 0 Å². The molecule has 0 bridgehead atoms. The average Bonchev–Trinajstić information content (AvgIpc) is 2.39. The maximum Gasteiger partial charge on any atom is 0.233 e. The highest BCUT2D eigenvalue weighted by molar-refractivity contribution is 5.77. The third kappa shape index (κ3) is 10.5. The topological polar surface area (TPSA) is 53.6 Å². The van der Waals surface area contributed by atoms with Gasteiger partial charge in [-0.25, -0.2) is 0 Å². The minimum Gasteiger partial charge on any atom is -0.385 e. The number of nitrogens with zero attached hydrogens (tertiary/aromatic N) is 1. The lowest BCUT2D eigenvalue weighted by molar-refractivity contribution is -0.120. The predicted octanol–water partition coefficient (Wildman–Crippen LogP) is 0.461. The van der Waals surface area contributed by atoms with E-state index in [0.29, 0.717) is 19.7 Å². The highest BCUT2D eigenvalue weighted by atomic mass is 16.5. The maximum absolute atomic E-state index is 11.4. The number of hydrogen-bond acceptors (Lipinski definition) is 4. The third-order valence-corrected chi connectivity index (χ3v) is 2.86. The summed E-state index contributed by atoms with van der Waals surface area (Å²) in [7, 11) is 1.67. The number of carbonyl (C=O) groups excluding carboxylic acids is 1. The van der Waals surface area contributed by atoms with E-state index in [-0.39, 0.29) is 5.91 Å². The Morgan fingerprint density at radius 1 is 1.17 bits per heavy atom. The Kier molecular flexibility index (Phi) is 12.3. The Morgan fingerprint density at radius 3 is 2.50 bits per heavy atom. The van der Waals surface area contributed by atoms with Crippen molar-refractivity contribution in [2.75, 3.05) is 53.0 Å². The van der Waals surface area contributed by atoms with Gasteiger partial charge in [0, 0.05) is 20.3 Å². The lowest BCUT2D eigenvalue weighted by Crippen LogP contribution is -2.36. The Bertz CT molecular complexity index is 197. The Balaban J connectivity index is 3.29. The summed E-state index contributed by atoms with van der Waals surface area (Å²) in [5.41, 5.74) is 0. The summed E-state index contributed by atoms with van der Waals surface area (Å²) in [6.07, 6.45) is 1.95. The summed E-state index contributed by atoms with van der Waals surface area (Å²) < 4.78 is 4.91. The van der Waals surface area contributed by atoms with Crippen molar-refractivity contribution in [1.82, 2.24) is 15.5 Å². The molecular formula is C13H29N3O2. The zero-order valence-electron chi connectivity index (χ0n) is 12.1. The quantitative estimate of drug-likeness (QED) is 0.500. The van der Waals surface area contributed by atoms with Crippen LogP contribution in [0.4, 0.5) is 0 Å². The molecule has 0 aromatic carbocycles. The van der Waals surface area contributed by atoms with E-state index in [2.05, 4.69) is 29.4 Å². The average molecular weight is 259 g/mol. The molecule has 0 radical (unpaired) electrons. The zero-order chi connectivity index (χ0) is 13.6. The normalized spacial score (nSPS) is 10.9. The second-order valence-corrected chi connectivity index (χ2v) is 4.25. The summed E-state index contributed by atoms with van der Waals surface area (Å²) in [5, 5.41) is 6.01. The van der Waals surface area contributed by atoms with Gasteiger partial charge < -0.3 is 20.3 Å². The lowest BCUT2D eigenvalue weighted by Gasteiger charge is -2.17. The summed E-state index contributed by atoms with van der Waals surface area (Å²) >= 11 is 0. The number of carbonyl (C=O) groups is 1. The Hall–Kier alpha value is -0.650. The standard InChI is InChI=1S/C13H29N3O2/c1-4-16(5-2)10-6-8-14-12-13(17)15-9-7-11-18-3/h14H,4-12H2,1-3H3,(H,15,17). The van der Waals surface area contributed by atoms with E-state index in [1.54, 1.807) is 7.11 Å². The number of rotatable bonds is 12. The number of methoxy groups -OCH3 is 1. The molecule has 2 N–H and O–H groups in total. The molecule has 0 heterocycles. The van der Waals surface area contributed by atoms with Crippen LogP contribution in [0.2, 0.25) is 0 Å². The first kappa shape index (κ1) is 17.4. The van der Waals surface area contributed by atoms with Gasteiger partial charge in [0.25, 0.3) is 0 Å². The fraction of sp³-hybridized carbons (Fsp3) is 0.923. The van der Waals surface area contributed by atoms with Crippen LogP contribution in [0.15, 0.2) is 0 Å². The van der Waals surface area contributed by atoms with Gasteiger partial charge in [-0.1, -0.05) is 13.8 Å². The molecule has 0 aromatic rings. The van der Waals surface area contributed by atoms with Crippen molar-refractivity contribution in [2.45, 2.75) is 26.7 Å². The van der Waals surface area contributed by atoms with Crippen molar-refractivity contribution < 1.29 is 9.53 Å². The van der Waals surface area contributed by atoms with Crippen molar-refractivity contribution in [3.8, 4) is 0 Å². The second-order valence-electron chi connectivity index (χ2n) is 4.25. The minimum atomic E-state index is 0.0638. The summed E-state index contributed by atoms with van der Waals surface area (Å²) in [6, 6.07) is 0. The lowest BCUT2D eigenvalue weighted by atomic mass is 10.3. The van der Waals surface area contributed by atoms with Gasteiger partial charge in [-0.05, 0) is 39.0 Å². The van der Waals surface area contributed by atoms with Crippen molar-refractivity contribution in [2.24, 2.45) is 0 Å². The largest absolute Gasteiger partial charge is 0.385 e. The first-order valence-electron chi connectivity index (χ1n) is 6.93. The minimum absolute atomic E-state index is 0.0638. The molecule has 0 saturated heterocycles. The second kappa shape index (κ2) is 12.8. The van der Waals surface area contributed by atoms with Crippen LogP contribution in [0.3, 0.4) is 0 Å². The van der Waals surface area contributed by atoms with Gasteiger partial charge in [0.1, 0.15) is 0 Å². The van der Waals surface area contributed by atoms with Gasteiger partial charge >= 0.3 is 0 Å². The molecular weight excluding hydrogens is 230 g/mol. The monoisotopic (exact) mass is 259 g/mol. The summed E-state index contributed by atoms with van der Waals surface area (Å²) in [6.45, 7) is 10.3. The molecule has 0 unspecified atom stereocenters. The van der Waals surface area contributed by atoms with Crippen LogP contribution in [-0.2, 0) is 9.53 Å². The first-order chi connectivity index (χ1) is 8.74. The van der Waals surface area contributed by atoms with Crippen LogP contribution in [0.5, 0.6) is 0 Å². The molecule has 0 aliphatic carbocycles. The van der Waals surface area contributed by atoms with Gasteiger partial charge in [-0.15, -0.1) is 0 Å². The molecule has 0 aliphatic rings. The van der Waals surface area contributed by atoms with E-state index in [4.69, 9.17) is 4.74 Å². The maximum atomic E-state index is 11.4. The van der Waals surface area contributed by atoms with Gasteiger partial charge in [-0.3, -0.25) is 4.79 Å². The van der Waals surface area contributed by atoms with E-state index >= 15 is 0 Å². The smallest absolute Gasteiger partial charge is 0.233 e. The first-order valence-corrected chi connectivity index (χ1v) is 6.93. The molecule has 0 atom stereocenters. The Labute approximate surface area is 111 Å². The van der Waals surface area contributed by atoms with Crippen LogP contribution >= 0.6 is 0 Å². The van der Waals surface area contributed by atoms with E-state index in [1.165, 1.54) is 0 Å². The van der Waals surface area contributed by atoms with E-state index in [0.717, 1.165) is 39.0 Å². The highest BCUT2D eigenvalue weighted by Gasteiger charge is 2.00. The molecule has 0 spiro atoms. The van der Waals surface area contributed by atoms with Crippen molar-refractivity contribution in [3.05, 3.63) is 0 Å². The number of amides is 1. The number of nitrogens with one attached hydrogen (secondary N) is 2. The fourth-order valence-corrected chi connectivity index (χ4v) is 1.68. The van der Waals surface area contributed by atoms with Crippen molar-refractivity contribution >= 4 is 5.91 Å². The molecule has 0 rings (SSSR count). The van der Waals surface area contributed by atoms with Crippen LogP contribution in [0.25, 0.3) is 0 Å². The number of ether oxygens (including phenoxy) is 1. The zero-order valence-corrected chi connectivity index (χ0v) is 12.1. The molecule has 0 fully saturated rings. The van der Waals surface area contributed by atoms with Crippen LogP contribution in [0.1, 0.15) is 26.7 Å². The summed E-state index contributed by atoms with van der Waals surface area (Å²) in [5.74, 6) is 0.0638. The van der Waals surface area contributed by atoms with Crippen LogP contribution < -0.4 is 10.6 Å². The SMILES string of the molecule is CCN(CC)CCCNCC(=O)NCCCOC. The van der Waals surface area contributed by atoms with Gasteiger partial charge in [0.05, 0.1) is 6.54 Å². The molecule has 0 aliphatic heterocycles. The fourth-order valence-electron chi connectivity index (χ4n) is 1.68. The molecule has 0 aromatic heterocycles. The molecule has 18 heavy (non-hydrogen) atoms. The van der Waals surface area contributed by atoms with Crippen LogP contribution in [0, 0.1) is 0 Å². The van der Waals surface area contributed by atoms with E-state index in [9.17, 15) is 4.79 Å². The van der Waals surface area contributed by atoms with Gasteiger partial charge in [0.2, 0.25) is 5.91 Å². The molecule has 5 heteroatoms. The van der Waals surface area contributed by atoms with E-state index < -0.39 is 0 Å². The Morgan fingerprint density at radius 2 is 1.89 bits per heavy atom. The number of hydrogen-bond donors (Lipinski definition) is 2. The molecule has 108 valence electrons. The van der Waals surface area contributed by atoms with Crippen molar-refractivity contribution in [3.63, 3.8) is 0 Å². The molecule has 5 nitrogen and oxygen atoms in total.